The maximum Gasteiger partial charge on any atom is 0.419 e. The molecule has 0 aliphatic rings. The zero-order valence-electron chi connectivity index (χ0n) is 6.40. The smallest absolute Gasteiger partial charge is 0.393 e. The third kappa shape index (κ3) is 2.60. The summed E-state index contributed by atoms with van der Waals surface area (Å²) in [5, 5.41) is 17.2. The zero-order valence-corrected chi connectivity index (χ0v) is 6.40. The van der Waals surface area contributed by atoms with Crippen LogP contribution >= 0.6 is 0 Å². The fourth-order valence-electron chi connectivity index (χ4n) is 0.735. The molecule has 0 fully saturated rings. The van der Waals surface area contributed by atoms with Crippen LogP contribution in [-0.4, -0.2) is 34.8 Å². The van der Waals surface area contributed by atoms with Crippen LogP contribution in [0.2, 0.25) is 0 Å². The van der Waals surface area contributed by atoms with Gasteiger partial charge in [0.05, 0.1) is 6.10 Å². The van der Waals surface area contributed by atoms with Crippen LogP contribution in [0.5, 0.6) is 0 Å². The van der Waals surface area contributed by atoms with Gasteiger partial charge in [0, 0.05) is 6.42 Å². The van der Waals surface area contributed by atoms with Gasteiger partial charge in [-0.05, 0) is 6.92 Å². The van der Waals surface area contributed by atoms with Crippen molar-refractivity contribution in [2.45, 2.75) is 31.2 Å². The molecule has 0 rings (SSSR count). The van der Waals surface area contributed by atoms with Gasteiger partial charge < -0.3 is 10.2 Å². The summed E-state index contributed by atoms with van der Waals surface area (Å²) < 4.78 is 47.4. The molecule has 2 nitrogen and oxygen atoms in total. The number of hydrogen-bond donors (Lipinski definition) is 2. The molecule has 0 saturated carbocycles. The average Bonchev–Trinajstić information content (AvgIpc) is 1.83. The molecule has 2 atom stereocenters. The number of halogens is 4. The lowest BCUT2D eigenvalue weighted by Crippen LogP contribution is -2.49. The maximum atomic E-state index is 11.9. The molecule has 0 amide bonds. The van der Waals surface area contributed by atoms with Gasteiger partial charge in [0.2, 0.25) is 0 Å². The summed E-state index contributed by atoms with van der Waals surface area (Å²) in [5.41, 5.74) is -3.42. The highest BCUT2D eigenvalue weighted by molar-refractivity contribution is 4.87. The topological polar surface area (TPSA) is 40.5 Å². The predicted molar refractivity (Wildman–Crippen MR) is 33.3 cm³/mol. The summed E-state index contributed by atoms with van der Waals surface area (Å²) in [6, 6.07) is 0. The molecule has 0 saturated heterocycles. The largest absolute Gasteiger partial charge is 0.419 e. The van der Waals surface area contributed by atoms with Crippen LogP contribution in [-0.2, 0) is 0 Å². The highest BCUT2D eigenvalue weighted by atomic mass is 19.4. The molecule has 6 heteroatoms. The van der Waals surface area contributed by atoms with Gasteiger partial charge in [0.25, 0.3) is 0 Å². The molecule has 0 aliphatic carbocycles. The minimum atomic E-state index is -5.04. The molecular weight excluding hydrogens is 180 g/mol. The van der Waals surface area contributed by atoms with Crippen LogP contribution in [0.1, 0.15) is 13.3 Å². The Balaban J connectivity index is 4.46. The van der Waals surface area contributed by atoms with Crippen molar-refractivity contribution in [3.8, 4) is 0 Å². The number of alkyl halides is 4. The fourth-order valence-corrected chi connectivity index (χ4v) is 0.735. The minimum Gasteiger partial charge on any atom is -0.393 e. The van der Waals surface area contributed by atoms with E-state index in [0.717, 1.165) is 6.92 Å². The van der Waals surface area contributed by atoms with Crippen molar-refractivity contribution < 1.29 is 27.8 Å². The van der Waals surface area contributed by atoms with E-state index in [0.29, 0.717) is 0 Å². The lowest BCUT2D eigenvalue weighted by Gasteiger charge is -2.28. The Morgan fingerprint density at radius 3 is 1.83 bits per heavy atom. The van der Waals surface area contributed by atoms with Gasteiger partial charge in [-0.25, -0.2) is 4.39 Å². The van der Waals surface area contributed by atoms with Gasteiger partial charge in [-0.1, -0.05) is 0 Å². The number of hydrogen-bond acceptors (Lipinski definition) is 2. The molecule has 0 bridgehead atoms. The first-order valence-electron chi connectivity index (χ1n) is 3.26. The molecule has 74 valence electrons. The Bertz CT molecular complexity index is 145. The van der Waals surface area contributed by atoms with Gasteiger partial charge in [-0.2, -0.15) is 13.2 Å². The van der Waals surface area contributed by atoms with Crippen molar-refractivity contribution in [1.29, 1.82) is 0 Å². The van der Waals surface area contributed by atoms with Crippen LogP contribution in [0, 0.1) is 0 Å². The molecule has 0 aromatic heterocycles. The highest BCUT2D eigenvalue weighted by Gasteiger charge is 2.54. The Labute approximate surface area is 66.8 Å². The summed E-state index contributed by atoms with van der Waals surface area (Å²) in [5.74, 6) is 0. The van der Waals surface area contributed by atoms with Crippen LogP contribution in [0.4, 0.5) is 17.6 Å². The van der Waals surface area contributed by atoms with Gasteiger partial charge in [0.15, 0.2) is 5.60 Å². The van der Waals surface area contributed by atoms with E-state index in [4.69, 9.17) is 10.2 Å². The first-order chi connectivity index (χ1) is 5.23. The van der Waals surface area contributed by atoms with Crippen molar-refractivity contribution in [1.82, 2.24) is 0 Å². The van der Waals surface area contributed by atoms with Crippen molar-refractivity contribution >= 4 is 0 Å². The minimum absolute atomic E-state index is 1.05. The molecule has 12 heavy (non-hydrogen) atoms. The van der Waals surface area contributed by atoms with Crippen molar-refractivity contribution in [3.63, 3.8) is 0 Å². The zero-order chi connectivity index (χ0) is 9.99. The molecule has 0 aromatic carbocycles. The van der Waals surface area contributed by atoms with Gasteiger partial charge in [-0.3, -0.25) is 0 Å². The number of aliphatic hydroxyl groups excluding tert-OH is 1. The van der Waals surface area contributed by atoms with Crippen LogP contribution in [0.3, 0.4) is 0 Å². The van der Waals surface area contributed by atoms with Gasteiger partial charge >= 0.3 is 6.18 Å². The Kier molecular flexibility index (Phi) is 3.46. The van der Waals surface area contributed by atoms with Crippen LogP contribution in [0.15, 0.2) is 0 Å². The lowest BCUT2D eigenvalue weighted by molar-refractivity contribution is -0.272. The predicted octanol–water partition coefficient (Wildman–Crippen LogP) is 1.02. The number of aliphatic hydroxyl groups is 2. The van der Waals surface area contributed by atoms with E-state index in [1.54, 1.807) is 0 Å². The first-order valence-corrected chi connectivity index (χ1v) is 3.26. The van der Waals surface area contributed by atoms with E-state index < -0.39 is 31.0 Å². The summed E-state index contributed by atoms with van der Waals surface area (Å²) in [6.45, 7) is -0.895. The van der Waals surface area contributed by atoms with E-state index >= 15 is 0 Å². The second kappa shape index (κ2) is 3.57. The Morgan fingerprint density at radius 2 is 1.75 bits per heavy atom. The van der Waals surface area contributed by atoms with Gasteiger partial charge in [0.1, 0.15) is 6.67 Å². The van der Waals surface area contributed by atoms with Crippen LogP contribution in [0.25, 0.3) is 0 Å². The van der Waals surface area contributed by atoms with Crippen molar-refractivity contribution in [3.05, 3.63) is 0 Å². The van der Waals surface area contributed by atoms with E-state index in [-0.39, 0.29) is 0 Å². The summed E-state index contributed by atoms with van der Waals surface area (Å²) >= 11 is 0. The molecule has 0 spiro atoms. The molecule has 2 unspecified atom stereocenters. The lowest BCUT2D eigenvalue weighted by atomic mass is 9.98. The monoisotopic (exact) mass is 190 g/mol. The molecular formula is C6H10F4O2. The molecule has 0 radical (unpaired) electrons. The summed E-state index contributed by atoms with van der Waals surface area (Å²) in [7, 11) is 0. The third-order valence-corrected chi connectivity index (χ3v) is 1.38. The molecule has 0 aliphatic heterocycles. The Hall–Kier alpha value is -0.360. The maximum absolute atomic E-state index is 11.9. The number of rotatable bonds is 3. The summed E-state index contributed by atoms with van der Waals surface area (Å²) in [6.07, 6.45) is -7.49. The van der Waals surface area contributed by atoms with Crippen LogP contribution < -0.4 is 0 Å². The van der Waals surface area contributed by atoms with Crippen molar-refractivity contribution in [2.75, 3.05) is 6.67 Å². The fraction of sp³-hybridized carbons (Fsp3) is 1.00. The average molecular weight is 190 g/mol. The molecule has 2 N–H and O–H groups in total. The van der Waals surface area contributed by atoms with Gasteiger partial charge in [-0.15, -0.1) is 0 Å². The van der Waals surface area contributed by atoms with Crippen molar-refractivity contribution in [2.24, 2.45) is 0 Å². The summed E-state index contributed by atoms with van der Waals surface area (Å²) in [4.78, 5) is 0. The SMILES string of the molecule is CC(O)CC(O)(CF)C(F)(F)F. The second-order valence-corrected chi connectivity index (χ2v) is 2.72. The van der Waals surface area contributed by atoms with E-state index in [9.17, 15) is 17.6 Å². The molecule has 0 aromatic rings. The third-order valence-electron chi connectivity index (χ3n) is 1.38. The standard InChI is InChI=1S/C6H10F4O2/c1-4(11)2-5(12,3-7)6(8,9)10/h4,11-12H,2-3H2,1H3. The second-order valence-electron chi connectivity index (χ2n) is 2.72. The Morgan fingerprint density at radius 1 is 1.33 bits per heavy atom. The normalized spacial score (nSPS) is 20.2. The molecule has 0 heterocycles. The van der Waals surface area contributed by atoms with E-state index in [1.807, 2.05) is 0 Å². The van der Waals surface area contributed by atoms with E-state index in [2.05, 4.69) is 0 Å². The highest BCUT2D eigenvalue weighted by Crippen LogP contribution is 2.34. The quantitative estimate of drug-likeness (QED) is 0.652. The van der Waals surface area contributed by atoms with E-state index in [1.165, 1.54) is 0 Å². The first kappa shape index (κ1) is 11.6.